The number of nitriles is 1. The monoisotopic (exact) mass is 143 g/mol. The van der Waals surface area contributed by atoms with Gasteiger partial charge >= 0.3 is 5.97 Å². The molecule has 0 amide bonds. The molecule has 0 aliphatic rings. The fraction of sp³-hybridized carbons (Fsp3) is 0.667. The van der Waals surface area contributed by atoms with Crippen LogP contribution in [0.25, 0.3) is 0 Å². The second kappa shape index (κ2) is 6.05. The van der Waals surface area contributed by atoms with E-state index in [1.807, 2.05) is 6.07 Å². The maximum atomic E-state index is 10.3. The summed E-state index contributed by atoms with van der Waals surface area (Å²) in [6.07, 6.45) is 0.303. The van der Waals surface area contributed by atoms with Gasteiger partial charge in [-0.1, -0.05) is 0 Å². The second-order valence-corrected chi connectivity index (χ2v) is 1.54. The molecule has 0 aromatic carbocycles. The van der Waals surface area contributed by atoms with E-state index in [-0.39, 0.29) is 13.2 Å². The van der Waals surface area contributed by atoms with Crippen LogP contribution in [0.5, 0.6) is 0 Å². The maximum Gasteiger partial charge on any atom is 0.331 e. The molecule has 0 fully saturated rings. The van der Waals surface area contributed by atoms with Crippen molar-refractivity contribution in [3.8, 4) is 6.07 Å². The van der Waals surface area contributed by atoms with Gasteiger partial charge in [-0.3, -0.25) is 0 Å². The molecule has 0 unspecified atom stereocenters. The zero-order valence-corrected chi connectivity index (χ0v) is 5.79. The first-order chi connectivity index (χ1) is 4.81. The summed E-state index contributed by atoms with van der Waals surface area (Å²) >= 11 is 0. The quantitative estimate of drug-likeness (QED) is 0.413. The fourth-order valence-corrected chi connectivity index (χ4v) is 0.332. The Balaban J connectivity index is 3.05. The van der Waals surface area contributed by atoms with Crippen LogP contribution in [-0.2, 0) is 14.3 Å². The molecule has 56 valence electrons. The summed E-state index contributed by atoms with van der Waals surface area (Å²) in [5.74, 6) is -0.419. The smallest absolute Gasteiger partial charge is 0.331 e. The predicted molar refractivity (Wildman–Crippen MR) is 33.1 cm³/mol. The molecule has 0 saturated heterocycles. The van der Waals surface area contributed by atoms with Crippen molar-refractivity contribution in [3.63, 3.8) is 0 Å². The molecule has 0 rings (SSSR count). The first-order valence-electron chi connectivity index (χ1n) is 2.82. The van der Waals surface area contributed by atoms with Gasteiger partial charge in [0, 0.05) is 0 Å². The Morgan fingerprint density at radius 1 is 1.70 bits per heavy atom. The van der Waals surface area contributed by atoms with Crippen LogP contribution in [0, 0.1) is 11.3 Å². The molecular formula is C6H9NO3. The molecule has 0 aromatic heterocycles. The van der Waals surface area contributed by atoms with Gasteiger partial charge in [0.15, 0.2) is 0 Å². The second-order valence-electron chi connectivity index (χ2n) is 1.54. The third-order valence-electron chi connectivity index (χ3n) is 0.806. The Labute approximate surface area is 59.3 Å². The van der Waals surface area contributed by atoms with E-state index in [0.29, 0.717) is 6.42 Å². The highest BCUT2D eigenvalue weighted by Crippen LogP contribution is 1.81. The third-order valence-corrected chi connectivity index (χ3v) is 0.806. The molecule has 0 aliphatic carbocycles. The summed E-state index contributed by atoms with van der Waals surface area (Å²) in [4.78, 5) is 10.3. The van der Waals surface area contributed by atoms with Crippen molar-refractivity contribution in [1.82, 2.24) is 0 Å². The van der Waals surface area contributed by atoms with Crippen molar-refractivity contribution in [2.75, 3.05) is 20.3 Å². The Kier molecular flexibility index (Phi) is 5.39. The van der Waals surface area contributed by atoms with Gasteiger partial charge in [-0.15, -0.1) is 0 Å². The fourth-order valence-electron chi connectivity index (χ4n) is 0.332. The van der Waals surface area contributed by atoms with E-state index in [0.717, 1.165) is 0 Å². The Bertz CT molecular complexity index is 138. The van der Waals surface area contributed by atoms with Crippen LogP contribution >= 0.6 is 0 Å². The molecule has 0 aromatic rings. The normalized spacial score (nSPS) is 8.40. The van der Waals surface area contributed by atoms with Gasteiger partial charge in [0.25, 0.3) is 0 Å². The number of hydrogen-bond donors (Lipinski definition) is 0. The molecule has 0 atom stereocenters. The van der Waals surface area contributed by atoms with Gasteiger partial charge in [0.1, 0.15) is 6.61 Å². The van der Waals surface area contributed by atoms with Crippen LogP contribution < -0.4 is 0 Å². The molecule has 0 N–H and O–H groups in total. The lowest BCUT2D eigenvalue weighted by Crippen LogP contribution is -2.10. The van der Waals surface area contributed by atoms with Crippen molar-refractivity contribution < 1.29 is 14.3 Å². The topological polar surface area (TPSA) is 59.3 Å². The van der Waals surface area contributed by atoms with Gasteiger partial charge in [0.05, 0.1) is 26.2 Å². The van der Waals surface area contributed by atoms with E-state index >= 15 is 0 Å². The van der Waals surface area contributed by atoms with Gasteiger partial charge in [-0.2, -0.15) is 5.26 Å². The van der Waals surface area contributed by atoms with Crippen molar-refractivity contribution in [3.05, 3.63) is 0 Å². The van der Waals surface area contributed by atoms with Crippen LogP contribution in [0.2, 0.25) is 0 Å². The van der Waals surface area contributed by atoms with E-state index in [9.17, 15) is 4.79 Å². The minimum atomic E-state index is -0.419. The molecule has 0 radical (unpaired) electrons. The standard InChI is InChI=1S/C6H9NO3/c1-9-6(8)5-10-4-2-3-7/h2,4-5H2,1H3. The van der Waals surface area contributed by atoms with Crippen molar-refractivity contribution >= 4 is 5.97 Å². The highest BCUT2D eigenvalue weighted by Gasteiger charge is 1.97. The van der Waals surface area contributed by atoms with Gasteiger partial charge in [-0.05, 0) is 0 Å². The van der Waals surface area contributed by atoms with Crippen LogP contribution in [0.15, 0.2) is 0 Å². The van der Waals surface area contributed by atoms with Gasteiger partial charge in [0.2, 0.25) is 0 Å². The van der Waals surface area contributed by atoms with Crippen molar-refractivity contribution in [1.29, 1.82) is 5.26 Å². The lowest BCUT2D eigenvalue weighted by Gasteiger charge is -1.97. The van der Waals surface area contributed by atoms with E-state index in [1.165, 1.54) is 7.11 Å². The zero-order chi connectivity index (χ0) is 7.82. The Hall–Kier alpha value is -1.08. The molecule has 0 aliphatic heterocycles. The number of carbonyl (C=O) groups excluding carboxylic acids is 1. The SMILES string of the molecule is COC(=O)COCCC#N. The largest absolute Gasteiger partial charge is 0.467 e. The molecule has 0 saturated carbocycles. The summed E-state index contributed by atoms with van der Waals surface area (Å²) in [5.41, 5.74) is 0. The highest BCUT2D eigenvalue weighted by molar-refractivity contribution is 5.70. The van der Waals surface area contributed by atoms with Crippen LogP contribution in [-0.4, -0.2) is 26.3 Å². The average molecular weight is 143 g/mol. The number of carbonyl (C=O) groups is 1. The number of esters is 1. The lowest BCUT2D eigenvalue weighted by atomic mass is 10.5. The van der Waals surface area contributed by atoms with Crippen LogP contribution in [0.3, 0.4) is 0 Å². The summed E-state index contributed by atoms with van der Waals surface area (Å²) in [5, 5.41) is 8.04. The number of nitrogens with zero attached hydrogens (tertiary/aromatic N) is 1. The lowest BCUT2D eigenvalue weighted by molar-refractivity contribution is -0.145. The molecule has 10 heavy (non-hydrogen) atoms. The number of hydrogen-bond acceptors (Lipinski definition) is 4. The van der Waals surface area contributed by atoms with Gasteiger partial charge in [-0.25, -0.2) is 4.79 Å². The summed E-state index contributed by atoms with van der Waals surface area (Å²) in [6, 6.07) is 1.88. The average Bonchev–Trinajstić information content (AvgIpc) is 1.98. The van der Waals surface area contributed by atoms with Crippen molar-refractivity contribution in [2.45, 2.75) is 6.42 Å². The summed E-state index contributed by atoms with van der Waals surface area (Å²) < 4.78 is 9.01. The molecule has 4 heteroatoms. The Morgan fingerprint density at radius 3 is 2.90 bits per heavy atom. The summed E-state index contributed by atoms with van der Waals surface area (Å²) in [7, 11) is 1.29. The molecular weight excluding hydrogens is 134 g/mol. The summed E-state index contributed by atoms with van der Waals surface area (Å²) in [6.45, 7) is 0.212. The first kappa shape index (κ1) is 8.92. The van der Waals surface area contributed by atoms with E-state index < -0.39 is 5.97 Å². The van der Waals surface area contributed by atoms with Crippen molar-refractivity contribution in [2.24, 2.45) is 0 Å². The predicted octanol–water partition coefficient (Wildman–Crippen LogP) is 0.0897. The number of ether oxygens (including phenoxy) is 2. The van der Waals surface area contributed by atoms with E-state index in [1.54, 1.807) is 0 Å². The molecule has 0 spiro atoms. The third kappa shape index (κ3) is 5.06. The highest BCUT2D eigenvalue weighted by atomic mass is 16.6. The van der Waals surface area contributed by atoms with E-state index in [4.69, 9.17) is 10.00 Å². The van der Waals surface area contributed by atoms with Crippen LogP contribution in [0.4, 0.5) is 0 Å². The molecule has 4 nitrogen and oxygen atoms in total. The minimum absolute atomic E-state index is 0.0713. The molecule has 0 heterocycles. The minimum Gasteiger partial charge on any atom is -0.467 e. The maximum absolute atomic E-state index is 10.3. The zero-order valence-electron chi connectivity index (χ0n) is 5.79. The molecule has 0 bridgehead atoms. The van der Waals surface area contributed by atoms with E-state index in [2.05, 4.69) is 4.74 Å². The van der Waals surface area contributed by atoms with Gasteiger partial charge < -0.3 is 9.47 Å². The number of rotatable bonds is 4. The Morgan fingerprint density at radius 2 is 2.40 bits per heavy atom. The number of methoxy groups -OCH3 is 1. The van der Waals surface area contributed by atoms with Crippen LogP contribution in [0.1, 0.15) is 6.42 Å². The first-order valence-corrected chi connectivity index (χ1v) is 2.82.